The fourth-order valence-electron chi connectivity index (χ4n) is 2.30. The van der Waals surface area contributed by atoms with Crippen molar-refractivity contribution in [3.63, 3.8) is 0 Å². The summed E-state index contributed by atoms with van der Waals surface area (Å²) in [5, 5.41) is 29.0. The first kappa shape index (κ1) is 14.9. The molecule has 1 aromatic rings. The number of hydrogen-bond acceptors (Lipinski definition) is 7. The highest BCUT2D eigenvalue weighted by atomic mass is 32.1. The third-order valence-electron chi connectivity index (χ3n) is 3.37. The summed E-state index contributed by atoms with van der Waals surface area (Å²) in [4.78, 5) is 15.2. The number of rotatable bonds is 5. The summed E-state index contributed by atoms with van der Waals surface area (Å²) in [5.74, 6) is 0. The topological polar surface area (TPSA) is 93.6 Å². The van der Waals surface area contributed by atoms with Gasteiger partial charge in [0, 0.05) is 43.7 Å². The van der Waals surface area contributed by atoms with E-state index in [1.54, 1.807) is 6.07 Å². The van der Waals surface area contributed by atoms with Gasteiger partial charge in [-0.2, -0.15) is 5.26 Å². The van der Waals surface area contributed by atoms with Crippen LogP contribution in [0.5, 0.6) is 0 Å². The van der Waals surface area contributed by atoms with Crippen LogP contribution in [0.3, 0.4) is 0 Å². The van der Waals surface area contributed by atoms with Crippen molar-refractivity contribution in [2.24, 2.45) is 0 Å². The smallest absolute Gasteiger partial charge is 0.324 e. The quantitative estimate of drug-likeness (QED) is 0.639. The fourth-order valence-corrected chi connectivity index (χ4v) is 3.20. The molecule has 1 atom stereocenters. The summed E-state index contributed by atoms with van der Waals surface area (Å²) in [6.07, 6.45) is 0. The first-order valence-corrected chi connectivity index (χ1v) is 7.18. The lowest BCUT2D eigenvalue weighted by Crippen LogP contribution is -2.47. The summed E-state index contributed by atoms with van der Waals surface area (Å²) in [6.45, 7) is 3.83. The van der Waals surface area contributed by atoms with Crippen molar-refractivity contribution < 1.29 is 10.0 Å². The normalized spacial score (nSPS) is 18.6. The Balaban J connectivity index is 2.02. The maximum atomic E-state index is 10.7. The highest BCUT2D eigenvalue weighted by molar-refractivity contribution is 7.15. The molecule has 1 aliphatic rings. The van der Waals surface area contributed by atoms with E-state index < -0.39 is 11.0 Å². The fraction of sp³-hybridized carbons (Fsp3) is 0.583. The molecule has 0 aliphatic carbocycles. The van der Waals surface area contributed by atoms with Crippen LogP contribution in [0.15, 0.2) is 12.1 Å². The van der Waals surface area contributed by atoms with E-state index in [4.69, 9.17) is 5.11 Å². The largest absolute Gasteiger partial charge is 0.395 e. The molecular weight excluding hydrogens is 280 g/mol. The lowest BCUT2D eigenvalue weighted by Gasteiger charge is -2.36. The Morgan fingerprint density at radius 3 is 2.65 bits per heavy atom. The van der Waals surface area contributed by atoms with Crippen LogP contribution >= 0.6 is 11.3 Å². The van der Waals surface area contributed by atoms with E-state index in [0.717, 1.165) is 42.4 Å². The van der Waals surface area contributed by atoms with Crippen molar-refractivity contribution in [2.75, 3.05) is 39.3 Å². The summed E-state index contributed by atoms with van der Waals surface area (Å²) >= 11 is 1.06. The second-order valence-corrected chi connectivity index (χ2v) is 5.66. The number of piperazine rings is 1. The molecule has 2 heterocycles. The Morgan fingerprint density at radius 2 is 2.15 bits per heavy atom. The van der Waals surface area contributed by atoms with Crippen LogP contribution in [-0.4, -0.2) is 59.2 Å². The van der Waals surface area contributed by atoms with Gasteiger partial charge in [0.05, 0.1) is 17.6 Å². The van der Waals surface area contributed by atoms with E-state index >= 15 is 0 Å². The Kier molecular flexibility index (Phi) is 5.03. The van der Waals surface area contributed by atoms with Gasteiger partial charge in [-0.05, 0) is 6.07 Å². The number of aliphatic hydroxyl groups is 1. The minimum atomic E-state index is -0.429. The predicted octanol–water partition coefficient (Wildman–Crippen LogP) is 0.831. The van der Waals surface area contributed by atoms with Crippen molar-refractivity contribution in [1.82, 2.24) is 9.80 Å². The van der Waals surface area contributed by atoms with Crippen molar-refractivity contribution in [3.05, 3.63) is 27.1 Å². The lowest BCUT2D eigenvalue weighted by atomic mass is 10.2. The summed E-state index contributed by atoms with van der Waals surface area (Å²) < 4.78 is 0. The van der Waals surface area contributed by atoms with Crippen molar-refractivity contribution in [2.45, 2.75) is 6.04 Å². The molecule has 1 aliphatic heterocycles. The monoisotopic (exact) mass is 296 g/mol. The maximum absolute atomic E-state index is 10.7. The molecule has 0 radical (unpaired) electrons. The number of thiophene rings is 1. The third-order valence-corrected chi connectivity index (χ3v) is 4.46. The maximum Gasteiger partial charge on any atom is 0.324 e. The average molecular weight is 296 g/mol. The number of hydrogen-bond donors (Lipinski definition) is 1. The molecule has 0 spiro atoms. The molecule has 1 saturated heterocycles. The molecule has 7 nitrogen and oxygen atoms in total. The summed E-state index contributed by atoms with van der Waals surface area (Å²) in [5.41, 5.74) is 0. The molecule has 1 fully saturated rings. The first-order chi connectivity index (χ1) is 9.65. The van der Waals surface area contributed by atoms with E-state index in [0.29, 0.717) is 6.54 Å². The average Bonchev–Trinajstić information content (AvgIpc) is 2.92. The van der Waals surface area contributed by atoms with Gasteiger partial charge in [0.1, 0.15) is 6.04 Å². The van der Waals surface area contributed by atoms with Gasteiger partial charge in [0.2, 0.25) is 0 Å². The predicted molar refractivity (Wildman–Crippen MR) is 74.4 cm³/mol. The van der Waals surface area contributed by atoms with Gasteiger partial charge in [-0.1, -0.05) is 11.3 Å². The minimum absolute atomic E-state index is 0.0687. The highest BCUT2D eigenvalue weighted by Gasteiger charge is 2.27. The van der Waals surface area contributed by atoms with Gasteiger partial charge in [-0.3, -0.25) is 19.9 Å². The van der Waals surface area contributed by atoms with E-state index in [1.807, 2.05) is 4.90 Å². The number of β-amino-alcohol motifs (C(OH)–C–C–N with tert-alkyl or cyclic N) is 1. The van der Waals surface area contributed by atoms with Crippen molar-refractivity contribution >= 4 is 16.3 Å². The van der Waals surface area contributed by atoms with Crippen LogP contribution in [0.25, 0.3) is 0 Å². The Labute approximate surface area is 120 Å². The first-order valence-electron chi connectivity index (χ1n) is 6.36. The molecule has 0 saturated carbocycles. The summed E-state index contributed by atoms with van der Waals surface area (Å²) in [6, 6.07) is 4.92. The number of nitriles is 1. The molecule has 0 aromatic carbocycles. The summed E-state index contributed by atoms with van der Waals surface area (Å²) in [7, 11) is 0. The second-order valence-electron chi connectivity index (χ2n) is 4.57. The molecule has 108 valence electrons. The Hall–Kier alpha value is -1.53. The SMILES string of the molecule is N#CC(c1ccc([N+](=O)[O-])s1)N1CCN(CCO)CC1. The van der Waals surface area contributed by atoms with E-state index in [1.165, 1.54) is 6.07 Å². The van der Waals surface area contributed by atoms with Crippen LogP contribution in [0, 0.1) is 21.4 Å². The van der Waals surface area contributed by atoms with Crippen molar-refractivity contribution in [3.8, 4) is 6.07 Å². The van der Waals surface area contributed by atoms with E-state index in [-0.39, 0.29) is 11.6 Å². The molecule has 8 heteroatoms. The van der Waals surface area contributed by atoms with Gasteiger partial charge in [-0.25, -0.2) is 0 Å². The minimum Gasteiger partial charge on any atom is -0.395 e. The Morgan fingerprint density at radius 1 is 1.45 bits per heavy atom. The number of aliphatic hydroxyl groups excluding tert-OH is 1. The second kappa shape index (κ2) is 6.76. The molecule has 1 unspecified atom stereocenters. The zero-order chi connectivity index (χ0) is 14.5. The molecule has 1 N–H and O–H groups in total. The highest BCUT2D eigenvalue weighted by Crippen LogP contribution is 2.32. The van der Waals surface area contributed by atoms with Crippen LogP contribution in [0.1, 0.15) is 10.9 Å². The van der Waals surface area contributed by atoms with Gasteiger partial charge < -0.3 is 5.11 Å². The van der Waals surface area contributed by atoms with E-state index in [9.17, 15) is 15.4 Å². The van der Waals surface area contributed by atoms with Gasteiger partial charge in [0.15, 0.2) is 0 Å². The van der Waals surface area contributed by atoms with Crippen molar-refractivity contribution in [1.29, 1.82) is 5.26 Å². The Bertz CT molecular complexity index is 505. The van der Waals surface area contributed by atoms with Crippen LogP contribution in [0.4, 0.5) is 5.00 Å². The molecule has 1 aromatic heterocycles. The number of nitrogens with zero attached hydrogens (tertiary/aromatic N) is 4. The third kappa shape index (κ3) is 3.32. The number of nitro groups is 1. The molecule has 0 amide bonds. The molecule has 20 heavy (non-hydrogen) atoms. The zero-order valence-electron chi connectivity index (χ0n) is 10.9. The lowest BCUT2D eigenvalue weighted by molar-refractivity contribution is -0.380. The molecular formula is C12H16N4O3S. The van der Waals surface area contributed by atoms with Gasteiger partial charge >= 0.3 is 5.00 Å². The van der Waals surface area contributed by atoms with Crippen LogP contribution in [0.2, 0.25) is 0 Å². The van der Waals surface area contributed by atoms with Gasteiger partial charge in [0.25, 0.3) is 0 Å². The molecule has 2 rings (SSSR count). The van der Waals surface area contributed by atoms with E-state index in [2.05, 4.69) is 11.0 Å². The molecule has 0 bridgehead atoms. The standard InChI is InChI=1S/C12H16N4O3S/c13-9-10(11-1-2-12(20-11)16(18)19)15-5-3-14(4-6-15)7-8-17/h1-2,10,17H,3-8H2. The van der Waals surface area contributed by atoms with Crippen LogP contribution in [-0.2, 0) is 0 Å². The van der Waals surface area contributed by atoms with Crippen LogP contribution < -0.4 is 0 Å². The zero-order valence-corrected chi connectivity index (χ0v) is 11.8. The van der Waals surface area contributed by atoms with Gasteiger partial charge in [-0.15, -0.1) is 0 Å².